The Morgan fingerprint density at radius 1 is 1.43 bits per heavy atom. The molecular weight excluding hydrogens is 275 g/mol. The average Bonchev–Trinajstić information content (AvgIpc) is 2.87. The van der Waals surface area contributed by atoms with Crippen molar-refractivity contribution in [3.05, 3.63) is 53.5 Å². The maximum Gasteiger partial charge on any atom is 0.208 e. The number of hydrogen-bond donors (Lipinski definition) is 2. The van der Waals surface area contributed by atoms with E-state index in [1.165, 1.54) is 6.07 Å². The molecule has 0 fully saturated rings. The van der Waals surface area contributed by atoms with Crippen LogP contribution in [0.2, 0.25) is 0 Å². The van der Waals surface area contributed by atoms with Crippen molar-refractivity contribution in [3.63, 3.8) is 0 Å². The SMILES string of the molecule is Cc1cnc(CNCC(O)COCc2ccccc2F)o1. The third-order valence-electron chi connectivity index (χ3n) is 2.85. The number of oxazole rings is 1. The highest BCUT2D eigenvalue weighted by Gasteiger charge is 2.07. The van der Waals surface area contributed by atoms with Gasteiger partial charge in [-0.25, -0.2) is 9.37 Å². The fourth-order valence-corrected chi connectivity index (χ4v) is 1.81. The molecule has 0 amide bonds. The summed E-state index contributed by atoms with van der Waals surface area (Å²) in [6, 6.07) is 6.42. The minimum Gasteiger partial charge on any atom is -0.445 e. The lowest BCUT2D eigenvalue weighted by atomic mass is 10.2. The highest BCUT2D eigenvalue weighted by molar-refractivity contribution is 5.16. The molecule has 2 aromatic rings. The Morgan fingerprint density at radius 2 is 2.24 bits per heavy atom. The largest absolute Gasteiger partial charge is 0.445 e. The Hall–Kier alpha value is -1.76. The monoisotopic (exact) mass is 294 g/mol. The predicted octanol–water partition coefficient (Wildman–Crippen LogP) is 1.79. The first-order valence-electron chi connectivity index (χ1n) is 6.76. The van der Waals surface area contributed by atoms with Crippen molar-refractivity contribution in [2.24, 2.45) is 0 Å². The van der Waals surface area contributed by atoms with E-state index >= 15 is 0 Å². The average molecular weight is 294 g/mol. The topological polar surface area (TPSA) is 67.5 Å². The normalized spacial score (nSPS) is 12.5. The molecule has 5 nitrogen and oxygen atoms in total. The van der Waals surface area contributed by atoms with E-state index in [-0.39, 0.29) is 19.0 Å². The van der Waals surface area contributed by atoms with Crippen LogP contribution in [0.15, 0.2) is 34.9 Å². The summed E-state index contributed by atoms with van der Waals surface area (Å²) in [6.07, 6.45) is 0.971. The van der Waals surface area contributed by atoms with E-state index in [1.807, 2.05) is 6.92 Å². The molecule has 2 rings (SSSR count). The zero-order valence-electron chi connectivity index (χ0n) is 11.9. The first-order chi connectivity index (χ1) is 10.1. The molecule has 0 spiro atoms. The van der Waals surface area contributed by atoms with Crippen molar-refractivity contribution < 1.29 is 18.7 Å². The second-order valence-corrected chi connectivity index (χ2v) is 4.76. The Morgan fingerprint density at radius 3 is 2.95 bits per heavy atom. The minimum absolute atomic E-state index is 0.131. The second kappa shape index (κ2) is 7.87. The van der Waals surface area contributed by atoms with Gasteiger partial charge in [0.1, 0.15) is 11.6 Å². The van der Waals surface area contributed by atoms with Gasteiger partial charge in [-0.05, 0) is 13.0 Å². The van der Waals surface area contributed by atoms with E-state index in [4.69, 9.17) is 9.15 Å². The minimum atomic E-state index is -0.673. The zero-order valence-corrected chi connectivity index (χ0v) is 11.9. The molecule has 2 N–H and O–H groups in total. The number of rotatable bonds is 8. The van der Waals surface area contributed by atoms with E-state index in [0.717, 1.165) is 5.76 Å². The van der Waals surface area contributed by atoms with Crippen LogP contribution in [0.5, 0.6) is 0 Å². The number of benzene rings is 1. The second-order valence-electron chi connectivity index (χ2n) is 4.76. The van der Waals surface area contributed by atoms with Crippen LogP contribution in [0.25, 0.3) is 0 Å². The van der Waals surface area contributed by atoms with E-state index in [0.29, 0.717) is 24.5 Å². The number of aliphatic hydroxyl groups is 1. The van der Waals surface area contributed by atoms with Gasteiger partial charge >= 0.3 is 0 Å². The fourth-order valence-electron chi connectivity index (χ4n) is 1.81. The zero-order chi connectivity index (χ0) is 15.1. The predicted molar refractivity (Wildman–Crippen MR) is 75.0 cm³/mol. The number of aromatic nitrogens is 1. The number of halogens is 1. The molecule has 1 aromatic carbocycles. The summed E-state index contributed by atoms with van der Waals surface area (Å²) in [5.74, 6) is 1.02. The first-order valence-corrected chi connectivity index (χ1v) is 6.76. The van der Waals surface area contributed by atoms with Crippen LogP contribution in [0.3, 0.4) is 0 Å². The van der Waals surface area contributed by atoms with E-state index in [1.54, 1.807) is 24.4 Å². The van der Waals surface area contributed by atoms with Crippen LogP contribution in [0.1, 0.15) is 17.2 Å². The lowest BCUT2D eigenvalue weighted by Gasteiger charge is -2.12. The molecule has 114 valence electrons. The quantitative estimate of drug-likeness (QED) is 0.777. The fraction of sp³-hybridized carbons (Fsp3) is 0.400. The summed E-state index contributed by atoms with van der Waals surface area (Å²) < 4.78 is 23.9. The standard InChI is InChI=1S/C15H19FN2O3/c1-11-6-18-15(21-11)8-17-7-13(19)10-20-9-12-4-2-3-5-14(12)16/h2-6,13,17,19H,7-10H2,1H3. The van der Waals surface area contributed by atoms with Crippen molar-refractivity contribution in [2.75, 3.05) is 13.2 Å². The number of aliphatic hydroxyl groups excluding tert-OH is 1. The molecule has 0 aliphatic rings. The van der Waals surface area contributed by atoms with Crippen molar-refractivity contribution in [2.45, 2.75) is 26.2 Å². The number of aryl methyl sites for hydroxylation is 1. The molecule has 0 aliphatic carbocycles. The smallest absolute Gasteiger partial charge is 0.208 e. The summed E-state index contributed by atoms with van der Waals surface area (Å²) in [7, 11) is 0. The van der Waals surface area contributed by atoms with Crippen molar-refractivity contribution in [3.8, 4) is 0 Å². The molecule has 0 saturated carbocycles. The lowest BCUT2D eigenvalue weighted by Crippen LogP contribution is -2.30. The van der Waals surface area contributed by atoms with Crippen LogP contribution in [-0.4, -0.2) is 29.3 Å². The number of nitrogens with zero attached hydrogens (tertiary/aromatic N) is 1. The molecular formula is C15H19FN2O3. The molecule has 1 unspecified atom stereocenters. The summed E-state index contributed by atoms with van der Waals surface area (Å²) in [6.45, 7) is 2.88. The Bertz CT molecular complexity index is 559. The number of nitrogens with one attached hydrogen (secondary N) is 1. The maximum absolute atomic E-state index is 13.3. The summed E-state index contributed by atoms with van der Waals surface area (Å²) in [5, 5.41) is 12.8. The van der Waals surface area contributed by atoms with Gasteiger partial charge in [0, 0.05) is 12.1 Å². The Balaban J connectivity index is 1.61. The third kappa shape index (κ3) is 5.26. The molecule has 1 aromatic heterocycles. The van der Waals surface area contributed by atoms with E-state index in [9.17, 15) is 9.50 Å². The molecule has 1 heterocycles. The lowest BCUT2D eigenvalue weighted by molar-refractivity contribution is 0.0275. The van der Waals surface area contributed by atoms with Gasteiger partial charge in [0.15, 0.2) is 0 Å². The molecule has 0 aliphatic heterocycles. The van der Waals surface area contributed by atoms with Crippen molar-refractivity contribution >= 4 is 0 Å². The van der Waals surface area contributed by atoms with Gasteiger partial charge in [-0.3, -0.25) is 0 Å². The van der Waals surface area contributed by atoms with Gasteiger partial charge in [-0.2, -0.15) is 0 Å². The van der Waals surface area contributed by atoms with Gasteiger partial charge in [0.05, 0.1) is 32.1 Å². The van der Waals surface area contributed by atoms with Gasteiger partial charge in [-0.15, -0.1) is 0 Å². The van der Waals surface area contributed by atoms with Crippen molar-refractivity contribution in [1.29, 1.82) is 0 Å². The number of hydrogen-bond acceptors (Lipinski definition) is 5. The molecule has 0 saturated heterocycles. The summed E-state index contributed by atoms with van der Waals surface area (Å²) in [4.78, 5) is 4.04. The molecule has 1 atom stereocenters. The molecule has 6 heteroatoms. The highest BCUT2D eigenvalue weighted by atomic mass is 19.1. The summed E-state index contributed by atoms with van der Waals surface area (Å²) in [5.41, 5.74) is 0.480. The van der Waals surface area contributed by atoms with Gasteiger partial charge in [-0.1, -0.05) is 18.2 Å². The van der Waals surface area contributed by atoms with E-state index < -0.39 is 6.10 Å². The number of ether oxygens (including phenoxy) is 1. The molecule has 21 heavy (non-hydrogen) atoms. The first kappa shape index (κ1) is 15.6. The maximum atomic E-state index is 13.3. The highest BCUT2D eigenvalue weighted by Crippen LogP contribution is 2.07. The van der Waals surface area contributed by atoms with Gasteiger partial charge < -0.3 is 19.6 Å². The van der Waals surface area contributed by atoms with Gasteiger partial charge in [0.25, 0.3) is 0 Å². The van der Waals surface area contributed by atoms with Gasteiger partial charge in [0.2, 0.25) is 5.89 Å². The molecule has 0 radical (unpaired) electrons. The Kier molecular flexibility index (Phi) is 5.86. The van der Waals surface area contributed by atoms with Crippen LogP contribution in [0.4, 0.5) is 4.39 Å². The Labute approximate surface area is 122 Å². The van der Waals surface area contributed by atoms with E-state index in [2.05, 4.69) is 10.3 Å². The van der Waals surface area contributed by atoms with Crippen molar-refractivity contribution in [1.82, 2.24) is 10.3 Å². The van der Waals surface area contributed by atoms with Crippen LogP contribution >= 0.6 is 0 Å². The van der Waals surface area contributed by atoms with Crippen LogP contribution < -0.4 is 5.32 Å². The third-order valence-corrected chi connectivity index (χ3v) is 2.85. The molecule has 0 bridgehead atoms. The van der Waals surface area contributed by atoms with Crippen LogP contribution in [0, 0.1) is 12.7 Å². The summed E-state index contributed by atoms with van der Waals surface area (Å²) >= 11 is 0. The van der Waals surface area contributed by atoms with Crippen LogP contribution in [-0.2, 0) is 17.9 Å².